The van der Waals surface area contributed by atoms with Gasteiger partial charge in [-0.3, -0.25) is 0 Å². The van der Waals surface area contributed by atoms with E-state index >= 15 is 0 Å². The second-order valence-corrected chi connectivity index (χ2v) is 4.92. The summed E-state index contributed by atoms with van der Waals surface area (Å²) in [6, 6.07) is 0.732. The molecule has 2 saturated carbocycles. The molecule has 0 spiro atoms. The lowest BCUT2D eigenvalue weighted by Gasteiger charge is -2.42. The number of hydrogen-bond donors (Lipinski definition) is 2. The maximum absolute atomic E-state index is 9.92. The second kappa shape index (κ2) is 2.46. The Balaban J connectivity index is 1.91. The van der Waals surface area contributed by atoms with E-state index in [1.165, 1.54) is 32.2 Å². The van der Waals surface area contributed by atoms with Crippen LogP contribution in [0.1, 0.15) is 25.7 Å². The van der Waals surface area contributed by atoms with Crippen LogP contribution in [0.5, 0.6) is 0 Å². The fourth-order valence-electron chi connectivity index (χ4n) is 3.58. The Labute approximate surface area is 73.4 Å². The average molecular weight is 167 g/mol. The van der Waals surface area contributed by atoms with Crippen LogP contribution in [0.15, 0.2) is 0 Å². The lowest BCUT2D eigenvalue weighted by atomic mass is 9.66. The van der Waals surface area contributed by atoms with Gasteiger partial charge in [-0.2, -0.15) is 0 Å². The number of aliphatic hydroxyl groups excluding tert-OH is 1. The van der Waals surface area contributed by atoms with E-state index in [2.05, 4.69) is 5.32 Å². The topological polar surface area (TPSA) is 32.3 Å². The van der Waals surface area contributed by atoms with E-state index < -0.39 is 0 Å². The molecule has 0 amide bonds. The summed E-state index contributed by atoms with van der Waals surface area (Å²) >= 11 is 0. The zero-order valence-corrected chi connectivity index (χ0v) is 7.37. The van der Waals surface area contributed by atoms with Crippen molar-refractivity contribution >= 4 is 0 Å². The first kappa shape index (κ1) is 7.34. The highest BCUT2D eigenvalue weighted by Crippen LogP contribution is 2.44. The summed E-state index contributed by atoms with van der Waals surface area (Å²) in [5.41, 5.74) is 0. The monoisotopic (exact) mass is 167 g/mol. The van der Waals surface area contributed by atoms with Crippen molar-refractivity contribution in [2.24, 2.45) is 17.8 Å². The largest absolute Gasteiger partial charge is 0.393 e. The summed E-state index contributed by atoms with van der Waals surface area (Å²) < 4.78 is 0. The van der Waals surface area contributed by atoms with Gasteiger partial charge in [0.05, 0.1) is 6.10 Å². The van der Waals surface area contributed by atoms with Gasteiger partial charge >= 0.3 is 0 Å². The van der Waals surface area contributed by atoms with Crippen LogP contribution in [-0.4, -0.2) is 23.8 Å². The number of hydrogen-bond acceptors (Lipinski definition) is 2. The summed E-state index contributed by atoms with van der Waals surface area (Å²) in [4.78, 5) is 0. The molecule has 2 unspecified atom stereocenters. The summed E-state index contributed by atoms with van der Waals surface area (Å²) in [5.74, 6) is 2.13. The molecular weight excluding hydrogens is 150 g/mol. The molecule has 2 saturated heterocycles. The molecule has 2 N–H and O–H groups in total. The van der Waals surface area contributed by atoms with E-state index in [0.29, 0.717) is 11.8 Å². The highest BCUT2D eigenvalue weighted by molar-refractivity contribution is 4.98. The molecule has 2 atom stereocenters. The van der Waals surface area contributed by atoms with Crippen LogP contribution in [0.4, 0.5) is 0 Å². The minimum absolute atomic E-state index is 0.0393. The molecule has 68 valence electrons. The highest BCUT2D eigenvalue weighted by Gasteiger charge is 2.44. The number of rotatable bonds is 0. The molecule has 2 nitrogen and oxygen atoms in total. The molecule has 2 aliphatic carbocycles. The minimum Gasteiger partial charge on any atom is -0.393 e. The summed E-state index contributed by atoms with van der Waals surface area (Å²) in [7, 11) is 0. The van der Waals surface area contributed by atoms with Crippen LogP contribution in [0, 0.1) is 17.8 Å². The second-order valence-electron chi connectivity index (χ2n) is 4.92. The Kier molecular flexibility index (Phi) is 1.50. The van der Waals surface area contributed by atoms with Crippen molar-refractivity contribution < 1.29 is 5.11 Å². The van der Waals surface area contributed by atoms with Gasteiger partial charge in [-0.25, -0.2) is 0 Å². The fraction of sp³-hybridized carbons (Fsp3) is 1.00. The van der Waals surface area contributed by atoms with Crippen LogP contribution in [-0.2, 0) is 0 Å². The Morgan fingerprint density at radius 1 is 1.00 bits per heavy atom. The SMILES string of the molecule is OC1C2CC3CNC(C2)CC1C3. The average Bonchev–Trinajstić information content (AvgIpc) is 2.27. The predicted molar refractivity (Wildman–Crippen MR) is 46.7 cm³/mol. The van der Waals surface area contributed by atoms with Gasteiger partial charge < -0.3 is 10.4 Å². The van der Waals surface area contributed by atoms with Crippen LogP contribution >= 0.6 is 0 Å². The van der Waals surface area contributed by atoms with Crippen LogP contribution in [0.25, 0.3) is 0 Å². The van der Waals surface area contributed by atoms with Gasteiger partial charge in [0.2, 0.25) is 0 Å². The van der Waals surface area contributed by atoms with E-state index in [1.54, 1.807) is 0 Å². The number of nitrogens with one attached hydrogen (secondary N) is 1. The zero-order chi connectivity index (χ0) is 8.13. The van der Waals surface area contributed by atoms with Crippen LogP contribution in [0.3, 0.4) is 0 Å². The molecule has 2 heteroatoms. The summed E-state index contributed by atoms with van der Waals surface area (Å²) in [5, 5.41) is 13.5. The molecule has 0 aromatic rings. The van der Waals surface area contributed by atoms with E-state index in [1.807, 2.05) is 0 Å². The Bertz CT molecular complexity index is 162. The first-order valence-electron chi connectivity index (χ1n) is 5.24. The third kappa shape index (κ3) is 0.944. The minimum atomic E-state index is 0.0393. The van der Waals surface area contributed by atoms with Crippen LogP contribution in [0.2, 0.25) is 0 Å². The predicted octanol–water partition coefficient (Wildman–Crippen LogP) is 0.755. The quantitative estimate of drug-likeness (QED) is 0.558. The highest BCUT2D eigenvalue weighted by atomic mass is 16.3. The maximum atomic E-state index is 9.92. The first-order valence-corrected chi connectivity index (χ1v) is 5.24. The van der Waals surface area contributed by atoms with E-state index in [9.17, 15) is 5.11 Å². The third-order valence-electron chi connectivity index (χ3n) is 4.11. The molecule has 2 aliphatic heterocycles. The van der Waals surface area contributed by atoms with E-state index in [0.717, 1.165) is 12.0 Å². The van der Waals surface area contributed by atoms with E-state index in [-0.39, 0.29) is 6.10 Å². The van der Waals surface area contributed by atoms with Crippen molar-refractivity contribution in [2.75, 3.05) is 6.54 Å². The number of aliphatic hydroxyl groups is 1. The molecular formula is C10H17NO. The van der Waals surface area contributed by atoms with Crippen molar-refractivity contribution in [3.05, 3.63) is 0 Å². The third-order valence-corrected chi connectivity index (χ3v) is 4.11. The van der Waals surface area contributed by atoms with E-state index in [4.69, 9.17) is 0 Å². The molecule has 4 fully saturated rings. The lowest BCUT2D eigenvalue weighted by Crippen LogP contribution is -2.43. The van der Waals surface area contributed by atoms with Crippen LogP contribution < -0.4 is 5.32 Å². The molecule has 4 aliphatic rings. The summed E-state index contributed by atoms with van der Waals surface area (Å²) in [6.07, 6.45) is 5.06. The van der Waals surface area contributed by atoms with Gasteiger partial charge in [-0.1, -0.05) is 0 Å². The number of fused-ring (bicyclic) bond motifs is 1. The summed E-state index contributed by atoms with van der Waals surface area (Å²) in [6.45, 7) is 1.21. The van der Waals surface area contributed by atoms with Crippen molar-refractivity contribution in [1.82, 2.24) is 5.32 Å². The van der Waals surface area contributed by atoms with Gasteiger partial charge in [0, 0.05) is 6.04 Å². The van der Waals surface area contributed by atoms with Gasteiger partial charge in [-0.05, 0) is 50.0 Å². The van der Waals surface area contributed by atoms with Gasteiger partial charge in [0.1, 0.15) is 0 Å². The molecule has 12 heavy (non-hydrogen) atoms. The van der Waals surface area contributed by atoms with Gasteiger partial charge in [0.25, 0.3) is 0 Å². The first-order chi connectivity index (χ1) is 5.83. The van der Waals surface area contributed by atoms with Crippen molar-refractivity contribution in [3.63, 3.8) is 0 Å². The standard InChI is InChI=1S/C10H17NO/c12-10-7-1-6-2-8(10)4-9(3-7)11-5-6/h6-12H,1-5H2. The fourth-order valence-corrected chi connectivity index (χ4v) is 3.58. The van der Waals surface area contributed by atoms with Crippen molar-refractivity contribution in [3.8, 4) is 0 Å². The molecule has 4 bridgehead atoms. The Morgan fingerprint density at radius 2 is 1.67 bits per heavy atom. The van der Waals surface area contributed by atoms with Crippen molar-refractivity contribution in [2.45, 2.75) is 37.8 Å². The maximum Gasteiger partial charge on any atom is 0.0597 e. The Hall–Kier alpha value is -0.0800. The van der Waals surface area contributed by atoms with Crippen molar-refractivity contribution in [1.29, 1.82) is 0 Å². The molecule has 2 heterocycles. The molecule has 0 aromatic heterocycles. The zero-order valence-electron chi connectivity index (χ0n) is 7.37. The van der Waals surface area contributed by atoms with Gasteiger partial charge in [-0.15, -0.1) is 0 Å². The lowest BCUT2D eigenvalue weighted by molar-refractivity contribution is -0.0273. The smallest absolute Gasteiger partial charge is 0.0597 e. The molecule has 4 rings (SSSR count). The Morgan fingerprint density at radius 3 is 2.33 bits per heavy atom. The molecule has 0 radical (unpaired) electrons. The molecule has 0 aromatic carbocycles. The van der Waals surface area contributed by atoms with Gasteiger partial charge in [0.15, 0.2) is 0 Å². The normalized spacial score (nSPS) is 57.2.